The third-order valence-corrected chi connectivity index (χ3v) is 4.56. The molecule has 3 rings (SSSR count). The molecule has 3 heterocycles. The fraction of sp³-hybridized carbons (Fsp3) is 0.667. The van der Waals surface area contributed by atoms with Crippen molar-refractivity contribution in [3.8, 4) is 0 Å². The van der Waals surface area contributed by atoms with Gasteiger partial charge in [-0.15, -0.1) is 0 Å². The van der Waals surface area contributed by atoms with Gasteiger partial charge in [0.1, 0.15) is 11.9 Å². The Morgan fingerprint density at radius 2 is 1.86 bits per heavy atom. The summed E-state index contributed by atoms with van der Waals surface area (Å²) in [4.78, 5) is 4.30. The van der Waals surface area contributed by atoms with E-state index in [-0.39, 0.29) is 6.10 Å². The highest BCUT2D eigenvalue weighted by molar-refractivity contribution is 6.62. The molecule has 1 aromatic heterocycles. The van der Waals surface area contributed by atoms with Crippen molar-refractivity contribution in [3.05, 3.63) is 23.8 Å². The van der Waals surface area contributed by atoms with Gasteiger partial charge in [0.2, 0.25) is 0 Å². The van der Waals surface area contributed by atoms with Crippen LogP contribution in [0.3, 0.4) is 0 Å². The number of halogens is 1. The summed E-state index contributed by atoms with van der Waals surface area (Å²) >= 11 is 0. The number of aromatic nitrogens is 1. The van der Waals surface area contributed by atoms with Crippen LogP contribution >= 0.6 is 0 Å². The molecule has 0 aromatic carbocycles. The van der Waals surface area contributed by atoms with Crippen molar-refractivity contribution in [1.82, 2.24) is 4.98 Å². The number of pyridine rings is 1. The number of nitrogens with zero attached hydrogens (tertiary/aromatic N) is 1. The summed E-state index contributed by atoms with van der Waals surface area (Å²) in [5.41, 5.74) is -0.191. The van der Waals surface area contributed by atoms with Crippen LogP contribution in [0.5, 0.6) is 0 Å². The highest BCUT2D eigenvalue weighted by atomic mass is 19.1. The number of ether oxygens (including phenoxy) is 2. The molecule has 5 nitrogen and oxygen atoms in total. The van der Waals surface area contributed by atoms with Gasteiger partial charge >= 0.3 is 7.12 Å². The molecule has 2 aliphatic heterocycles. The molecule has 2 saturated heterocycles. The zero-order chi connectivity index (χ0) is 16.0. The molecule has 0 bridgehead atoms. The predicted octanol–water partition coefficient (Wildman–Crippen LogP) is 1.61. The topological polar surface area (TPSA) is 49.8 Å². The van der Waals surface area contributed by atoms with Crippen molar-refractivity contribution in [2.24, 2.45) is 0 Å². The van der Waals surface area contributed by atoms with Gasteiger partial charge in [0.15, 0.2) is 0 Å². The Bertz CT molecular complexity index is 544. The fourth-order valence-corrected chi connectivity index (χ4v) is 2.43. The molecule has 1 unspecified atom stereocenters. The van der Waals surface area contributed by atoms with E-state index >= 15 is 0 Å². The maximum atomic E-state index is 14.5. The molecule has 2 aliphatic rings. The summed E-state index contributed by atoms with van der Waals surface area (Å²) in [5.74, 6) is -0.405. The van der Waals surface area contributed by atoms with Crippen LogP contribution in [-0.2, 0) is 18.8 Å². The van der Waals surface area contributed by atoms with Crippen LogP contribution in [-0.4, -0.2) is 43.1 Å². The molecule has 0 saturated carbocycles. The molecule has 1 atom stereocenters. The summed E-state index contributed by atoms with van der Waals surface area (Å²) < 4.78 is 37.0. The number of hydrogen-bond donors (Lipinski definition) is 0. The quantitative estimate of drug-likeness (QED) is 0.777. The molecular weight excluding hydrogens is 288 g/mol. The van der Waals surface area contributed by atoms with E-state index in [1.165, 1.54) is 12.3 Å². The lowest BCUT2D eigenvalue weighted by molar-refractivity contribution is -0.0918. The highest BCUT2D eigenvalue weighted by Gasteiger charge is 2.52. The normalized spacial score (nSPS) is 27.1. The van der Waals surface area contributed by atoms with E-state index < -0.39 is 24.1 Å². The van der Waals surface area contributed by atoms with Gasteiger partial charge in [0, 0.05) is 11.7 Å². The van der Waals surface area contributed by atoms with E-state index in [1.807, 2.05) is 27.7 Å². The summed E-state index contributed by atoms with van der Waals surface area (Å²) in [6.45, 7) is 9.17. The largest absolute Gasteiger partial charge is 0.499 e. The lowest BCUT2D eigenvalue weighted by atomic mass is 9.79. The van der Waals surface area contributed by atoms with Gasteiger partial charge in [0.05, 0.1) is 36.7 Å². The minimum absolute atomic E-state index is 0.305. The SMILES string of the molecule is CC1(C)OB(c2cnc(C3COCCO3)cc2F)OC1(C)C. The zero-order valence-electron chi connectivity index (χ0n) is 13.4. The van der Waals surface area contributed by atoms with Crippen molar-refractivity contribution in [1.29, 1.82) is 0 Å². The average Bonchev–Trinajstić information content (AvgIpc) is 2.68. The Kier molecular flexibility index (Phi) is 4.01. The van der Waals surface area contributed by atoms with Crippen LogP contribution in [0, 0.1) is 5.82 Å². The molecule has 0 radical (unpaired) electrons. The summed E-state index contributed by atoms with van der Waals surface area (Å²) in [5, 5.41) is 0. The first kappa shape index (κ1) is 15.9. The molecule has 0 aliphatic carbocycles. The summed E-state index contributed by atoms with van der Waals surface area (Å²) in [6.07, 6.45) is 1.14. The van der Waals surface area contributed by atoms with Gasteiger partial charge in [-0.25, -0.2) is 4.39 Å². The monoisotopic (exact) mass is 309 g/mol. The van der Waals surface area contributed by atoms with Crippen LogP contribution in [0.2, 0.25) is 0 Å². The van der Waals surface area contributed by atoms with E-state index in [4.69, 9.17) is 18.8 Å². The maximum absolute atomic E-state index is 14.5. The zero-order valence-corrected chi connectivity index (χ0v) is 13.4. The minimum Gasteiger partial charge on any atom is -0.399 e. The first-order valence-electron chi connectivity index (χ1n) is 7.50. The smallest absolute Gasteiger partial charge is 0.399 e. The molecule has 0 amide bonds. The second-order valence-electron chi connectivity index (χ2n) is 6.65. The average molecular weight is 309 g/mol. The van der Waals surface area contributed by atoms with Crippen molar-refractivity contribution < 1.29 is 23.2 Å². The van der Waals surface area contributed by atoms with Crippen molar-refractivity contribution in [2.75, 3.05) is 19.8 Å². The van der Waals surface area contributed by atoms with E-state index in [9.17, 15) is 4.39 Å². The number of hydrogen-bond acceptors (Lipinski definition) is 5. The van der Waals surface area contributed by atoms with Crippen LogP contribution in [0.25, 0.3) is 0 Å². The van der Waals surface area contributed by atoms with Crippen LogP contribution in [0.15, 0.2) is 12.3 Å². The maximum Gasteiger partial charge on any atom is 0.499 e. The van der Waals surface area contributed by atoms with Crippen molar-refractivity contribution in [3.63, 3.8) is 0 Å². The van der Waals surface area contributed by atoms with E-state index in [1.54, 1.807) is 0 Å². The van der Waals surface area contributed by atoms with E-state index in [2.05, 4.69) is 4.98 Å². The highest BCUT2D eigenvalue weighted by Crippen LogP contribution is 2.36. The third-order valence-electron chi connectivity index (χ3n) is 4.56. The predicted molar refractivity (Wildman–Crippen MR) is 79.4 cm³/mol. The Balaban J connectivity index is 1.81. The Labute approximate surface area is 130 Å². The third kappa shape index (κ3) is 2.78. The van der Waals surface area contributed by atoms with Crippen LogP contribution in [0.4, 0.5) is 4.39 Å². The number of rotatable bonds is 2. The molecule has 22 heavy (non-hydrogen) atoms. The van der Waals surface area contributed by atoms with Crippen LogP contribution < -0.4 is 5.46 Å². The van der Waals surface area contributed by atoms with Crippen LogP contribution in [0.1, 0.15) is 39.5 Å². The Morgan fingerprint density at radius 3 is 2.41 bits per heavy atom. The Hall–Kier alpha value is -1.02. The fourth-order valence-electron chi connectivity index (χ4n) is 2.43. The van der Waals surface area contributed by atoms with Gasteiger partial charge in [-0.3, -0.25) is 4.98 Å². The second kappa shape index (κ2) is 5.56. The van der Waals surface area contributed by atoms with Crippen molar-refractivity contribution in [2.45, 2.75) is 45.0 Å². The van der Waals surface area contributed by atoms with E-state index in [0.717, 1.165) is 0 Å². The first-order chi connectivity index (χ1) is 10.3. The second-order valence-corrected chi connectivity index (χ2v) is 6.65. The summed E-state index contributed by atoms with van der Waals surface area (Å²) in [6, 6.07) is 1.37. The van der Waals surface area contributed by atoms with Crippen molar-refractivity contribution >= 4 is 12.6 Å². The standard InChI is InChI=1S/C15H21BFNO4/c1-14(2)15(3,4)22-16(21-14)10-8-18-12(7-11(10)17)13-9-19-5-6-20-13/h7-8,13H,5-6,9H2,1-4H3. The van der Waals surface area contributed by atoms with Gasteiger partial charge in [0.25, 0.3) is 0 Å². The lowest BCUT2D eigenvalue weighted by Crippen LogP contribution is -2.41. The van der Waals surface area contributed by atoms with Gasteiger partial charge in [-0.05, 0) is 33.8 Å². The van der Waals surface area contributed by atoms with Gasteiger partial charge in [-0.1, -0.05) is 0 Å². The molecule has 0 N–H and O–H groups in total. The molecule has 120 valence electrons. The van der Waals surface area contributed by atoms with Gasteiger partial charge < -0.3 is 18.8 Å². The molecule has 7 heteroatoms. The van der Waals surface area contributed by atoms with Gasteiger partial charge in [-0.2, -0.15) is 0 Å². The molecule has 1 aromatic rings. The molecule has 2 fully saturated rings. The first-order valence-corrected chi connectivity index (χ1v) is 7.50. The van der Waals surface area contributed by atoms with E-state index in [0.29, 0.717) is 31.0 Å². The molecular formula is C15H21BFNO4. The summed E-state index contributed by atoms with van der Waals surface area (Å²) in [7, 11) is -0.755. The lowest BCUT2D eigenvalue weighted by Gasteiger charge is -2.32. The molecule has 0 spiro atoms. The Morgan fingerprint density at radius 1 is 1.18 bits per heavy atom. The minimum atomic E-state index is -0.755.